The molecule has 0 bridgehead atoms. The topological polar surface area (TPSA) is 106 Å². The van der Waals surface area contributed by atoms with Gasteiger partial charge in [0.05, 0.1) is 25.4 Å². The zero-order valence-electron chi connectivity index (χ0n) is 20.4. The average Bonchev–Trinajstić information content (AvgIpc) is 2.93. The maximum atomic E-state index is 12.7. The molecule has 0 aromatic heterocycles. The first-order chi connectivity index (χ1) is 17.9. The minimum Gasteiger partial charge on any atom is -0.497 e. The first kappa shape index (κ1) is 25.1. The number of hydrogen-bond donors (Lipinski definition) is 2. The molecular formula is C29H25N3O5. The van der Waals surface area contributed by atoms with Crippen LogP contribution >= 0.6 is 0 Å². The Morgan fingerprint density at radius 2 is 1.57 bits per heavy atom. The van der Waals surface area contributed by atoms with E-state index in [0.29, 0.717) is 28.2 Å². The molecule has 37 heavy (non-hydrogen) atoms. The van der Waals surface area contributed by atoms with E-state index >= 15 is 0 Å². The van der Waals surface area contributed by atoms with Crippen LogP contribution in [0.1, 0.15) is 31.8 Å². The predicted molar refractivity (Wildman–Crippen MR) is 141 cm³/mol. The summed E-state index contributed by atoms with van der Waals surface area (Å²) in [5.74, 6) is -0.496. The van der Waals surface area contributed by atoms with Gasteiger partial charge in [-0.05, 0) is 60.2 Å². The van der Waals surface area contributed by atoms with Crippen molar-refractivity contribution in [3.05, 3.63) is 107 Å². The highest BCUT2D eigenvalue weighted by Crippen LogP contribution is 2.27. The van der Waals surface area contributed by atoms with Crippen LogP contribution in [0.5, 0.6) is 11.5 Å². The van der Waals surface area contributed by atoms with Gasteiger partial charge in [0.15, 0.2) is 0 Å². The van der Waals surface area contributed by atoms with E-state index in [-0.39, 0.29) is 6.54 Å². The fourth-order valence-corrected chi connectivity index (χ4v) is 3.56. The number of fused-ring (bicyclic) bond motifs is 1. The molecule has 0 atom stereocenters. The van der Waals surface area contributed by atoms with Gasteiger partial charge < -0.3 is 14.8 Å². The number of hydrogen-bond acceptors (Lipinski definition) is 6. The first-order valence-electron chi connectivity index (χ1n) is 11.5. The van der Waals surface area contributed by atoms with Crippen molar-refractivity contribution in [1.29, 1.82) is 0 Å². The summed E-state index contributed by atoms with van der Waals surface area (Å²) in [5, 5.41) is 8.28. The van der Waals surface area contributed by atoms with Gasteiger partial charge >= 0.3 is 5.97 Å². The van der Waals surface area contributed by atoms with Gasteiger partial charge in [0.1, 0.15) is 11.5 Å². The zero-order valence-corrected chi connectivity index (χ0v) is 20.4. The Hall–Kier alpha value is -4.98. The number of amides is 2. The molecule has 4 aromatic rings. The minimum atomic E-state index is -0.517. The van der Waals surface area contributed by atoms with Crippen molar-refractivity contribution in [3.63, 3.8) is 0 Å². The van der Waals surface area contributed by atoms with E-state index < -0.39 is 17.8 Å². The van der Waals surface area contributed by atoms with Gasteiger partial charge in [0.25, 0.3) is 11.8 Å². The summed E-state index contributed by atoms with van der Waals surface area (Å²) < 4.78 is 10.7. The predicted octanol–water partition coefficient (Wildman–Crippen LogP) is 4.26. The number of nitrogens with one attached hydrogen (secondary N) is 2. The van der Waals surface area contributed by atoms with Crippen LogP contribution < -0.4 is 20.2 Å². The van der Waals surface area contributed by atoms with Crippen LogP contribution in [0.4, 0.5) is 0 Å². The molecule has 4 aromatic carbocycles. The van der Waals surface area contributed by atoms with Gasteiger partial charge in [-0.15, -0.1) is 0 Å². The number of hydrazone groups is 1. The molecular weight excluding hydrogens is 470 g/mol. The maximum Gasteiger partial charge on any atom is 0.343 e. The lowest BCUT2D eigenvalue weighted by molar-refractivity contribution is -0.120. The van der Waals surface area contributed by atoms with Gasteiger partial charge in [-0.2, -0.15) is 5.10 Å². The Morgan fingerprint density at radius 1 is 0.865 bits per heavy atom. The number of carbonyl (C=O) groups is 3. The Kier molecular flexibility index (Phi) is 7.90. The Labute approximate surface area is 213 Å². The molecule has 0 aliphatic carbocycles. The molecule has 0 aliphatic rings. The zero-order chi connectivity index (χ0) is 26.2. The number of carbonyl (C=O) groups excluding carboxylic acids is 3. The van der Waals surface area contributed by atoms with Gasteiger partial charge in [0, 0.05) is 11.1 Å². The lowest BCUT2D eigenvalue weighted by Crippen LogP contribution is -2.34. The molecule has 8 heteroatoms. The smallest absolute Gasteiger partial charge is 0.343 e. The summed E-state index contributed by atoms with van der Waals surface area (Å²) in [6.45, 7) is 1.67. The molecule has 0 heterocycles. The Balaban J connectivity index is 1.44. The molecule has 0 spiro atoms. The van der Waals surface area contributed by atoms with Crippen LogP contribution in [-0.4, -0.2) is 37.7 Å². The molecule has 8 nitrogen and oxygen atoms in total. The van der Waals surface area contributed by atoms with Crippen LogP contribution in [0.15, 0.2) is 90.0 Å². The second-order valence-electron chi connectivity index (χ2n) is 8.16. The molecule has 2 amide bonds. The summed E-state index contributed by atoms with van der Waals surface area (Å²) in [7, 11) is 1.54. The third-order valence-corrected chi connectivity index (χ3v) is 5.57. The number of nitrogens with zero attached hydrogens (tertiary/aromatic N) is 1. The van der Waals surface area contributed by atoms with E-state index in [1.54, 1.807) is 42.5 Å². The fraction of sp³-hybridized carbons (Fsp3) is 0.103. The summed E-state index contributed by atoms with van der Waals surface area (Å²) in [6, 6.07) is 24.7. The number of methoxy groups -OCH3 is 1. The van der Waals surface area contributed by atoms with Crippen molar-refractivity contribution in [2.24, 2.45) is 5.10 Å². The quantitative estimate of drug-likeness (QED) is 0.164. The highest BCUT2D eigenvalue weighted by atomic mass is 16.5. The molecule has 0 fully saturated rings. The lowest BCUT2D eigenvalue weighted by atomic mass is 10.0. The largest absolute Gasteiger partial charge is 0.497 e. The second kappa shape index (κ2) is 11.6. The first-order valence-corrected chi connectivity index (χ1v) is 11.5. The van der Waals surface area contributed by atoms with Crippen molar-refractivity contribution in [1.82, 2.24) is 10.7 Å². The summed E-state index contributed by atoms with van der Waals surface area (Å²) in [6.07, 6.45) is 1.42. The van der Waals surface area contributed by atoms with Crippen LogP contribution in [0.3, 0.4) is 0 Å². The van der Waals surface area contributed by atoms with Crippen molar-refractivity contribution in [2.45, 2.75) is 6.92 Å². The second-order valence-corrected chi connectivity index (χ2v) is 8.16. The number of benzene rings is 4. The number of aryl methyl sites for hydroxylation is 1. The highest BCUT2D eigenvalue weighted by Gasteiger charge is 2.14. The molecule has 4 rings (SSSR count). The minimum absolute atomic E-state index is 0.271. The molecule has 0 saturated heterocycles. The summed E-state index contributed by atoms with van der Waals surface area (Å²) in [4.78, 5) is 37.2. The monoisotopic (exact) mass is 495 g/mol. The molecule has 2 N–H and O–H groups in total. The van der Waals surface area contributed by atoms with Crippen molar-refractivity contribution < 1.29 is 23.9 Å². The SMILES string of the molecule is COc1ccc(C(=O)NCC(=O)NN=Cc2c(OC(=O)c3ccc(C)cc3)ccc3ccccc23)cc1. The average molecular weight is 496 g/mol. The van der Waals surface area contributed by atoms with Gasteiger partial charge in [-0.25, -0.2) is 10.2 Å². The highest BCUT2D eigenvalue weighted by molar-refractivity contribution is 6.04. The van der Waals surface area contributed by atoms with Crippen LogP contribution in [0.2, 0.25) is 0 Å². The van der Waals surface area contributed by atoms with Gasteiger partial charge in [-0.3, -0.25) is 9.59 Å². The summed E-state index contributed by atoms with van der Waals surface area (Å²) >= 11 is 0. The van der Waals surface area contributed by atoms with Gasteiger partial charge in [0.2, 0.25) is 0 Å². The third kappa shape index (κ3) is 6.37. The van der Waals surface area contributed by atoms with E-state index in [1.807, 2.05) is 49.4 Å². The molecule has 0 unspecified atom stereocenters. The van der Waals surface area contributed by atoms with E-state index in [0.717, 1.165) is 16.3 Å². The number of ether oxygens (including phenoxy) is 2. The molecule has 0 radical (unpaired) electrons. The van der Waals surface area contributed by atoms with Crippen molar-refractivity contribution in [3.8, 4) is 11.5 Å². The van der Waals surface area contributed by atoms with Crippen molar-refractivity contribution in [2.75, 3.05) is 13.7 Å². The lowest BCUT2D eigenvalue weighted by Gasteiger charge is -2.11. The van der Waals surface area contributed by atoms with E-state index in [2.05, 4.69) is 15.8 Å². The fourth-order valence-electron chi connectivity index (χ4n) is 3.56. The van der Waals surface area contributed by atoms with E-state index in [9.17, 15) is 14.4 Å². The number of rotatable bonds is 8. The molecule has 0 aliphatic heterocycles. The van der Waals surface area contributed by atoms with Gasteiger partial charge in [-0.1, -0.05) is 48.0 Å². The normalized spacial score (nSPS) is 10.8. The Morgan fingerprint density at radius 3 is 2.30 bits per heavy atom. The van der Waals surface area contributed by atoms with Crippen LogP contribution in [-0.2, 0) is 4.79 Å². The van der Waals surface area contributed by atoms with Crippen molar-refractivity contribution >= 4 is 34.8 Å². The molecule has 0 saturated carbocycles. The van der Waals surface area contributed by atoms with E-state index in [4.69, 9.17) is 9.47 Å². The third-order valence-electron chi connectivity index (χ3n) is 5.57. The van der Waals surface area contributed by atoms with Crippen LogP contribution in [0.25, 0.3) is 10.8 Å². The Bertz CT molecular complexity index is 1460. The maximum absolute atomic E-state index is 12.7. The molecule has 186 valence electrons. The van der Waals surface area contributed by atoms with E-state index in [1.165, 1.54) is 13.3 Å². The van der Waals surface area contributed by atoms with Crippen LogP contribution in [0, 0.1) is 6.92 Å². The summed E-state index contributed by atoms with van der Waals surface area (Å²) in [5.41, 5.74) is 4.77. The number of esters is 1. The standard InChI is InChI=1S/C29H25N3O5/c1-19-7-9-22(10-8-19)29(35)37-26-16-13-20-5-3-4-6-24(20)25(26)17-31-32-27(33)18-30-28(34)21-11-14-23(36-2)15-12-21/h3-17H,18H2,1-2H3,(H,30,34)(H,32,33).